The minimum atomic E-state index is -1.26. The summed E-state index contributed by atoms with van der Waals surface area (Å²) in [7, 11) is 0. The highest BCUT2D eigenvalue weighted by Gasteiger charge is 2.61. The molecule has 3 amide bonds. The van der Waals surface area contributed by atoms with Gasteiger partial charge in [0.05, 0.1) is 12.6 Å². The number of para-hydroxylation sites is 1. The van der Waals surface area contributed by atoms with Gasteiger partial charge in [0, 0.05) is 6.54 Å². The topological polar surface area (TPSA) is 114 Å². The first-order valence-corrected chi connectivity index (χ1v) is 11.4. The summed E-state index contributed by atoms with van der Waals surface area (Å²) < 4.78 is 16.1. The lowest BCUT2D eigenvalue weighted by Crippen LogP contribution is -2.71. The Kier molecular flexibility index (Phi) is 7.49. The Hall–Kier alpha value is -4.08. The van der Waals surface area contributed by atoms with Crippen LogP contribution in [-0.4, -0.2) is 71.7 Å². The molecule has 4 rings (SSSR count). The Morgan fingerprint density at radius 2 is 1.69 bits per heavy atom. The van der Waals surface area contributed by atoms with Crippen LogP contribution in [-0.2, 0) is 30.5 Å². The molecule has 2 heterocycles. The second kappa shape index (κ2) is 10.9. The van der Waals surface area contributed by atoms with Gasteiger partial charge in [-0.25, -0.2) is 9.59 Å². The molecule has 2 aliphatic heterocycles. The minimum Gasteiger partial charge on any atom is -0.484 e. The molecule has 2 fully saturated rings. The maximum absolute atomic E-state index is 13.0. The molecule has 35 heavy (non-hydrogen) atoms. The van der Waals surface area contributed by atoms with Gasteiger partial charge in [0.15, 0.2) is 6.61 Å². The zero-order valence-electron chi connectivity index (χ0n) is 19.3. The predicted octanol–water partition coefficient (Wildman–Crippen LogP) is 1.69. The van der Waals surface area contributed by atoms with Crippen molar-refractivity contribution in [1.82, 2.24) is 15.1 Å². The summed E-state index contributed by atoms with van der Waals surface area (Å²) >= 11 is 0. The van der Waals surface area contributed by atoms with Crippen molar-refractivity contribution >= 4 is 23.9 Å². The van der Waals surface area contributed by atoms with Crippen molar-refractivity contribution in [2.24, 2.45) is 0 Å². The highest BCUT2D eigenvalue weighted by atomic mass is 16.6. The smallest absolute Gasteiger partial charge is 0.411 e. The number of carbonyl (C=O) groups excluding carboxylic acids is 4. The van der Waals surface area contributed by atoms with Crippen LogP contribution in [0.2, 0.25) is 0 Å². The van der Waals surface area contributed by atoms with Gasteiger partial charge in [0.25, 0.3) is 5.91 Å². The van der Waals surface area contributed by atoms with Crippen molar-refractivity contribution < 1.29 is 33.4 Å². The van der Waals surface area contributed by atoms with E-state index in [1.54, 1.807) is 36.4 Å². The molecule has 10 heteroatoms. The lowest BCUT2D eigenvalue weighted by atomic mass is 9.96. The Balaban J connectivity index is 1.40. The van der Waals surface area contributed by atoms with E-state index in [0.29, 0.717) is 12.2 Å². The van der Waals surface area contributed by atoms with Crippen LogP contribution >= 0.6 is 0 Å². The summed E-state index contributed by atoms with van der Waals surface area (Å²) in [4.78, 5) is 53.4. The third-order valence-corrected chi connectivity index (χ3v) is 5.73. The summed E-state index contributed by atoms with van der Waals surface area (Å²) in [5, 5.41) is 2.64. The third-order valence-electron chi connectivity index (χ3n) is 5.73. The van der Waals surface area contributed by atoms with Gasteiger partial charge in [0.2, 0.25) is 12.1 Å². The lowest BCUT2D eigenvalue weighted by Gasteiger charge is -2.43. The number of hydrogen-bond acceptors (Lipinski definition) is 7. The number of β-lactam (4-membered cyclic amide) rings is 1. The zero-order valence-corrected chi connectivity index (χ0v) is 19.3. The van der Waals surface area contributed by atoms with E-state index in [2.05, 4.69) is 5.32 Å². The van der Waals surface area contributed by atoms with Crippen LogP contribution in [0.5, 0.6) is 5.75 Å². The van der Waals surface area contributed by atoms with Crippen LogP contribution in [0.3, 0.4) is 0 Å². The lowest BCUT2D eigenvalue weighted by molar-refractivity contribution is -0.168. The molecule has 1 N–H and O–H groups in total. The number of benzene rings is 2. The maximum Gasteiger partial charge on any atom is 0.411 e. The zero-order chi connectivity index (χ0) is 24.8. The fraction of sp³-hybridized carbons (Fsp3) is 0.360. The van der Waals surface area contributed by atoms with Crippen LogP contribution in [0.1, 0.15) is 18.9 Å². The number of ether oxygens (including phenoxy) is 3. The number of hydrogen-bond donors (Lipinski definition) is 1. The van der Waals surface area contributed by atoms with E-state index < -0.39 is 42.1 Å². The second-order valence-corrected chi connectivity index (χ2v) is 8.19. The van der Waals surface area contributed by atoms with Gasteiger partial charge in [0.1, 0.15) is 18.4 Å². The van der Waals surface area contributed by atoms with Gasteiger partial charge in [-0.3, -0.25) is 14.5 Å². The largest absolute Gasteiger partial charge is 0.484 e. The van der Waals surface area contributed by atoms with Crippen molar-refractivity contribution in [3.8, 4) is 5.75 Å². The molecule has 0 bridgehead atoms. The van der Waals surface area contributed by atoms with Crippen molar-refractivity contribution in [2.75, 3.05) is 19.8 Å². The summed E-state index contributed by atoms with van der Waals surface area (Å²) in [6, 6.07) is 16.4. The molecule has 0 aromatic heterocycles. The van der Waals surface area contributed by atoms with Crippen LogP contribution in [0, 0.1) is 0 Å². The first-order chi connectivity index (χ1) is 17.0. The molecule has 3 atom stereocenters. The number of rotatable bonds is 9. The van der Waals surface area contributed by atoms with Crippen LogP contribution in [0.15, 0.2) is 60.7 Å². The molecule has 0 aliphatic carbocycles. The van der Waals surface area contributed by atoms with E-state index in [1.165, 1.54) is 9.80 Å². The molecule has 2 aliphatic rings. The molecular weight excluding hydrogens is 454 g/mol. The van der Waals surface area contributed by atoms with E-state index >= 15 is 0 Å². The molecule has 0 spiro atoms. The first-order valence-electron chi connectivity index (χ1n) is 11.4. The summed E-state index contributed by atoms with van der Waals surface area (Å²) in [6.45, 7) is 1.78. The fourth-order valence-corrected chi connectivity index (χ4v) is 4.04. The summed E-state index contributed by atoms with van der Waals surface area (Å²) in [6.07, 6.45) is -1.36. The average molecular weight is 482 g/mol. The standard InChI is InChI=1S/C25H27N3O7/c1-2-13-33-25(32)27-14-19-21(26-20(29)16-34-18-11-7-4-8-12-18)23(30)28(19)22(27)24(31)35-15-17-9-5-3-6-10-17/h3-12,19,21-22H,2,13-16H2,1H3,(H,26,29)/t19?,21-,22?/m1/s1. The Bertz CT molecular complexity index is 1060. The van der Waals surface area contributed by atoms with E-state index in [4.69, 9.17) is 14.2 Å². The summed E-state index contributed by atoms with van der Waals surface area (Å²) in [5.41, 5.74) is 0.772. The van der Waals surface area contributed by atoms with Crippen molar-refractivity contribution in [3.63, 3.8) is 0 Å². The number of amides is 3. The molecule has 2 aromatic carbocycles. The van der Waals surface area contributed by atoms with Gasteiger partial charge >= 0.3 is 12.1 Å². The Labute approximate surface area is 202 Å². The van der Waals surface area contributed by atoms with E-state index in [-0.39, 0.29) is 26.4 Å². The van der Waals surface area contributed by atoms with Crippen LogP contribution in [0.25, 0.3) is 0 Å². The highest BCUT2D eigenvalue weighted by molar-refractivity contribution is 5.98. The van der Waals surface area contributed by atoms with Gasteiger partial charge in [-0.15, -0.1) is 0 Å². The number of nitrogens with one attached hydrogen (secondary N) is 1. The van der Waals surface area contributed by atoms with Gasteiger partial charge in [-0.1, -0.05) is 55.5 Å². The van der Waals surface area contributed by atoms with Crippen molar-refractivity contribution in [1.29, 1.82) is 0 Å². The number of carbonyl (C=O) groups is 4. The van der Waals surface area contributed by atoms with Gasteiger partial charge < -0.3 is 24.4 Å². The molecule has 2 saturated heterocycles. The SMILES string of the molecule is CCCOC(=O)N1CC2[C@@H](NC(=O)COc3ccccc3)C(=O)N2C1C(=O)OCc1ccccc1. The van der Waals surface area contributed by atoms with Crippen LogP contribution in [0.4, 0.5) is 4.79 Å². The van der Waals surface area contributed by atoms with Crippen molar-refractivity contribution in [2.45, 2.75) is 38.2 Å². The van der Waals surface area contributed by atoms with Crippen LogP contribution < -0.4 is 10.1 Å². The summed E-state index contributed by atoms with van der Waals surface area (Å²) in [5.74, 6) is -1.18. The van der Waals surface area contributed by atoms with E-state index in [9.17, 15) is 19.2 Å². The highest BCUT2D eigenvalue weighted by Crippen LogP contribution is 2.34. The van der Waals surface area contributed by atoms with Gasteiger partial charge in [-0.2, -0.15) is 0 Å². The molecular formula is C25H27N3O7. The molecule has 2 unspecified atom stereocenters. The predicted molar refractivity (Wildman–Crippen MR) is 123 cm³/mol. The molecule has 184 valence electrons. The normalized spacial score (nSPS) is 20.5. The Morgan fingerprint density at radius 3 is 2.37 bits per heavy atom. The molecule has 0 saturated carbocycles. The van der Waals surface area contributed by atoms with Crippen molar-refractivity contribution in [3.05, 3.63) is 66.2 Å². The fourth-order valence-electron chi connectivity index (χ4n) is 4.04. The second-order valence-electron chi connectivity index (χ2n) is 8.19. The molecule has 10 nitrogen and oxygen atoms in total. The molecule has 2 aromatic rings. The van der Waals surface area contributed by atoms with Gasteiger partial charge in [-0.05, 0) is 24.1 Å². The molecule has 0 radical (unpaired) electrons. The van der Waals surface area contributed by atoms with E-state index in [0.717, 1.165) is 5.56 Å². The number of fused-ring (bicyclic) bond motifs is 1. The quantitative estimate of drug-likeness (QED) is 0.428. The first kappa shape index (κ1) is 24.1. The Morgan fingerprint density at radius 1 is 1.00 bits per heavy atom. The minimum absolute atomic E-state index is 0.00227. The maximum atomic E-state index is 13.0. The number of esters is 1. The monoisotopic (exact) mass is 481 g/mol. The number of nitrogens with zero attached hydrogens (tertiary/aromatic N) is 2. The van der Waals surface area contributed by atoms with E-state index in [1.807, 2.05) is 31.2 Å². The average Bonchev–Trinajstić information content (AvgIpc) is 3.25. The third kappa shape index (κ3) is 5.37.